The average molecular weight is 414 g/mol. The number of nitrogen functional groups attached to an aromatic ring is 1. The number of nitrogens with zero attached hydrogens (tertiary/aromatic N) is 5. The predicted molar refractivity (Wildman–Crippen MR) is 129 cm³/mol. The Labute approximate surface area is 182 Å². The summed E-state index contributed by atoms with van der Waals surface area (Å²) in [6, 6.07) is 32.6. The Morgan fingerprint density at radius 3 is 1.88 bits per heavy atom. The highest BCUT2D eigenvalue weighted by molar-refractivity contribution is 5.92. The molecule has 0 aliphatic heterocycles. The van der Waals surface area contributed by atoms with Gasteiger partial charge in [0, 0.05) is 11.4 Å². The van der Waals surface area contributed by atoms with Gasteiger partial charge in [0.15, 0.2) is 0 Å². The van der Waals surface area contributed by atoms with E-state index in [-0.39, 0.29) is 0 Å². The average Bonchev–Trinajstić information content (AvgIpc) is 3.48. The van der Waals surface area contributed by atoms with Crippen LogP contribution in [-0.4, -0.2) is 23.5 Å². The number of imidazole rings is 3. The summed E-state index contributed by atoms with van der Waals surface area (Å²) in [5, 5.41) is 0. The number of hydrogen-bond acceptors (Lipinski definition) is 3. The molecule has 0 spiro atoms. The van der Waals surface area contributed by atoms with E-state index in [1.165, 1.54) is 0 Å². The van der Waals surface area contributed by atoms with Crippen LogP contribution in [0.4, 0.5) is 5.69 Å². The summed E-state index contributed by atoms with van der Waals surface area (Å²) in [5.74, 6) is 1.62. The Morgan fingerprint density at radius 2 is 1.12 bits per heavy atom. The minimum absolute atomic E-state index is 0.730. The van der Waals surface area contributed by atoms with Crippen LogP contribution in [0.2, 0.25) is 0 Å². The molecule has 0 unspecified atom stereocenters. The van der Waals surface area contributed by atoms with Gasteiger partial charge in [-0.1, -0.05) is 36.4 Å². The smallest absolute Gasteiger partial charge is 0.223 e. The fraction of sp³-hybridized carbons (Fsp3) is 0. The van der Waals surface area contributed by atoms with E-state index in [0.29, 0.717) is 0 Å². The van der Waals surface area contributed by atoms with Crippen LogP contribution in [0.1, 0.15) is 0 Å². The topological polar surface area (TPSA) is 66.1 Å². The number of benzene rings is 4. The van der Waals surface area contributed by atoms with Crippen molar-refractivity contribution in [2.75, 3.05) is 5.73 Å². The number of fused-ring (bicyclic) bond motifs is 6. The molecule has 0 aliphatic carbocycles. The highest BCUT2D eigenvalue weighted by atomic mass is 15.3. The predicted octanol–water partition coefficient (Wildman–Crippen LogP) is 5.35. The fourth-order valence-electron chi connectivity index (χ4n) is 4.59. The maximum absolute atomic E-state index is 5.97. The fourth-order valence-corrected chi connectivity index (χ4v) is 4.59. The van der Waals surface area contributed by atoms with Crippen molar-refractivity contribution < 1.29 is 0 Å². The lowest BCUT2D eigenvalue weighted by molar-refractivity contribution is 0.938. The van der Waals surface area contributed by atoms with Crippen molar-refractivity contribution in [1.29, 1.82) is 0 Å². The van der Waals surface area contributed by atoms with Gasteiger partial charge in [0.1, 0.15) is 0 Å². The molecule has 0 aliphatic rings. The minimum atomic E-state index is 0.730. The maximum atomic E-state index is 5.97. The van der Waals surface area contributed by atoms with Crippen molar-refractivity contribution in [2.45, 2.75) is 0 Å². The SMILES string of the molecule is Nc1ccc(-n2c(-n3c4ccccc4n4c5ccccc5nc34)nc3ccccc32)cc1. The number of hydrogen-bond donors (Lipinski definition) is 1. The van der Waals surface area contributed by atoms with Gasteiger partial charge in [0.05, 0.1) is 33.1 Å². The summed E-state index contributed by atoms with van der Waals surface area (Å²) in [5.41, 5.74) is 13.8. The Bertz CT molecular complexity index is 1780. The van der Waals surface area contributed by atoms with Crippen molar-refractivity contribution >= 4 is 44.6 Å². The number of nitrogens with two attached hydrogens (primary N) is 1. The number of aromatic nitrogens is 5. The summed E-state index contributed by atoms with van der Waals surface area (Å²) in [7, 11) is 0. The molecule has 152 valence electrons. The highest BCUT2D eigenvalue weighted by Gasteiger charge is 2.22. The van der Waals surface area contributed by atoms with Crippen LogP contribution < -0.4 is 5.73 Å². The third-order valence-electron chi connectivity index (χ3n) is 6.00. The highest BCUT2D eigenvalue weighted by Crippen LogP contribution is 2.32. The first-order valence-electron chi connectivity index (χ1n) is 10.5. The molecular formula is C26H18N6. The molecule has 3 aromatic heterocycles. The Hall–Kier alpha value is -4.58. The second-order valence-corrected chi connectivity index (χ2v) is 7.89. The van der Waals surface area contributed by atoms with Gasteiger partial charge in [0.25, 0.3) is 0 Å². The van der Waals surface area contributed by atoms with Gasteiger partial charge in [-0.05, 0) is 60.7 Å². The van der Waals surface area contributed by atoms with Crippen molar-refractivity contribution in [3.05, 3.63) is 97.1 Å². The zero-order valence-corrected chi connectivity index (χ0v) is 17.1. The lowest BCUT2D eigenvalue weighted by Crippen LogP contribution is -2.06. The number of para-hydroxylation sites is 6. The first kappa shape index (κ1) is 17.1. The quantitative estimate of drug-likeness (QED) is 0.388. The van der Waals surface area contributed by atoms with E-state index in [0.717, 1.165) is 56.2 Å². The van der Waals surface area contributed by atoms with Gasteiger partial charge < -0.3 is 5.73 Å². The van der Waals surface area contributed by atoms with Crippen molar-refractivity contribution in [3.8, 4) is 11.6 Å². The molecule has 3 heterocycles. The van der Waals surface area contributed by atoms with E-state index < -0.39 is 0 Å². The molecule has 6 heteroatoms. The van der Waals surface area contributed by atoms with Gasteiger partial charge in [0.2, 0.25) is 11.7 Å². The summed E-state index contributed by atoms with van der Waals surface area (Å²) < 4.78 is 6.52. The van der Waals surface area contributed by atoms with E-state index in [9.17, 15) is 0 Å². The Morgan fingerprint density at radius 1 is 0.531 bits per heavy atom. The first-order valence-corrected chi connectivity index (χ1v) is 10.5. The molecule has 0 saturated heterocycles. The zero-order valence-electron chi connectivity index (χ0n) is 17.1. The molecule has 7 aromatic rings. The van der Waals surface area contributed by atoms with Crippen molar-refractivity contribution in [2.24, 2.45) is 0 Å². The van der Waals surface area contributed by atoms with Crippen LogP contribution in [0.15, 0.2) is 97.1 Å². The van der Waals surface area contributed by atoms with Gasteiger partial charge >= 0.3 is 0 Å². The lowest BCUT2D eigenvalue weighted by atomic mass is 10.2. The maximum Gasteiger partial charge on any atom is 0.223 e. The molecule has 0 amide bonds. The molecule has 6 nitrogen and oxygen atoms in total. The van der Waals surface area contributed by atoms with Crippen LogP contribution in [0, 0.1) is 0 Å². The van der Waals surface area contributed by atoms with Crippen LogP contribution >= 0.6 is 0 Å². The molecule has 0 bridgehead atoms. The summed E-state index contributed by atoms with van der Waals surface area (Å²) in [4.78, 5) is 10.1. The van der Waals surface area contributed by atoms with Crippen LogP contribution in [-0.2, 0) is 0 Å². The van der Waals surface area contributed by atoms with Gasteiger partial charge in [-0.15, -0.1) is 0 Å². The third-order valence-corrected chi connectivity index (χ3v) is 6.00. The van der Waals surface area contributed by atoms with E-state index >= 15 is 0 Å². The van der Waals surface area contributed by atoms with Crippen molar-refractivity contribution in [3.63, 3.8) is 0 Å². The molecule has 0 atom stereocenters. The van der Waals surface area contributed by atoms with Crippen molar-refractivity contribution in [1.82, 2.24) is 23.5 Å². The monoisotopic (exact) mass is 414 g/mol. The van der Waals surface area contributed by atoms with E-state index in [1.807, 2.05) is 60.7 Å². The third kappa shape index (κ3) is 2.23. The molecule has 4 aromatic carbocycles. The standard InChI is InChI=1S/C26H18N6/c27-17-13-15-18(16-14-17)30-21-9-3-1-7-19(21)28-25(30)32-24-12-6-5-11-23(24)31-22-10-4-2-8-20(22)29-26(31)32/h1-16H,27H2. The normalized spacial score (nSPS) is 11.9. The minimum Gasteiger partial charge on any atom is -0.399 e. The molecule has 32 heavy (non-hydrogen) atoms. The largest absolute Gasteiger partial charge is 0.399 e. The summed E-state index contributed by atoms with van der Waals surface area (Å²) in [6.45, 7) is 0. The molecule has 7 rings (SSSR count). The molecule has 0 fully saturated rings. The van der Waals surface area contributed by atoms with E-state index in [4.69, 9.17) is 15.7 Å². The summed E-state index contributed by atoms with van der Waals surface area (Å²) >= 11 is 0. The molecule has 0 radical (unpaired) electrons. The van der Waals surface area contributed by atoms with E-state index in [1.54, 1.807) is 0 Å². The first-order chi connectivity index (χ1) is 15.8. The van der Waals surface area contributed by atoms with Gasteiger partial charge in [-0.3, -0.25) is 8.97 Å². The van der Waals surface area contributed by atoms with Gasteiger partial charge in [-0.2, -0.15) is 0 Å². The Balaban J connectivity index is 1.68. The summed E-state index contributed by atoms with van der Waals surface area (Å²) in [6.07, 6.45) is 0. The molecule has 0 saturated carbocycles. The molecule has 2 N–H and O–H groups in total. The Kier molecular flexibility index (Phi) is 3.33. The van der Waals surface area contributed by atoms with Crippen LogP contribution in [0.3, 0.4) is 0 Å². The zero-order chi connectivity index (χ0) is 21.2. The molecular weight excluding hydrogens is 396 g/mol. The van der Waals surface area contributed by atoms with Crippen LogP contribution in [0.5, 0.6) is 0 Å². The number of rotatable bonds is 2. The van der Waals surface area contributed by atoms with Gasteiger partial charge in [-0.25, -0.2) is 14.5 Å². The van der Waals surface area contributed by atoms with E-state index in [2.05, 4.69) is 49.9 Å². The van der Waals surface area contributed by atoms with Crippen LogP contribution in [0.25, 0.3) is 50.5 Å². The number of anilines is 1. The lowest BCUT2D eigenvalue weighted by Gasteiger charge is -2.11. The second-order valence-electron chi connectivity index (χ2n) is 7.89. The second kappa shape index (κ2) is 6.21.